The lowest BCUT2D eigenvalue weighted by Crippen LogP contribution is -2.42. The van der Waals surface area contributed by atoms with Gasteiger partial charge in [-0.25, -0.2) is 0 Å². The summed E-state index contributed by atoms with van der Waals surface area (Å²) in [6, 6.07) is 8.73. The second-order valence-corrected chi connectivity index (χ2v) is 7.59. The Bertz CT molecular complexity index is 941. The first-order chi connectivity index (χ1) is 13.7. The van der Waals surface area contributed by atoms with Crippen molar-refractivity contribution in [1.82, 2.24) is 20.6 Å². The molecule has 1 saturated heterocycles. The molecule has 0 aliphatic carbocycles. The number of aromatic nitrogens is 1. The maximum absolute atomic E-state index is 4.63. The van der Waals surface area contributed by atoms with Crippen molar-refractivity contribution in [3.05, 3.63) is 71.5 Å². The molecule has 1 aromatic heterocycles. The van der Waals surface area contributed by atoms with Crippen LogP contribution in [0.1, 0.15) is 24.6 Å². The van der Waals surface area contributed by atoms with Gasteiger partial charge in [0.1, 0.15) is 5.71 Å². The number of H-pyrrole nitrogens is 1. The highest BCUT2D eigenvalue weighted by Gasteiger charge is 2.15. The van der Waals surface area contributed by atoms with Crippen LogP contribution in [0.2, 0.25) is 0 Å². The van der Waals surface area contributed by atoms with Crippen LogP contribution in [0.5, 0.6) is 0 Å². The molecule has 0 unspecified atom stereocenters. The summed E-state index contributed by atoms with van der Waals surface area (Å²) >= 11 is 0. The van der Waals surface area contributed by atoms with Gasteiger partial charge in [0, 0.05) is 43.6 Å². The maximum Gasteiger partial charge on any atom is 0.113 e. The van der Waals surface area contributed by atoms with E-state index in [1.165, 1.54) is 16.5 Å². The number of hydrazone groups is 1. The molecule has 0 bridgehead atoms. The normalized spacial score (nSPS) is 24.1. The highest BCUT2D eigenvalue weighted by atomic mass is 15.3. The van der Waals surface area contributed by atoms with E-state index in [9.17, 15) is 0 Å². The Morgan fingerprint density at radius 2 is 2.07 bits per heavy atom. The number of hydrogen-bond acceptors (Lipinski definition) is 4. The van der Waals surface area contributed by atoms with Gasteiger partial charge in [-0.3, -0.25) is 4.90 Å². The third kappa shape index (κ3) is 4.26. The van der Waals surface area contributed by atoms with Gasteiger partial charge in [-0.2, -0.15) is 5.10 Å². The molecule has 2 aromatic rings. The third-order valence-corrected chi connectivity index (χ3v) is 5.41. The number of aromatic amines is 1. The van der Waals surface area contributed by atoms with Crippen LogP contribution in [-0.2, 0) is 6.54 Å². The molecule has 0 saturated carbocycles. The van der Waals surface area contributed by atoms with Crippen molar-refractivity contribution in [3.63, 3.8) is 0 Å². The van der Waals surface area contributed by atoms with Crippen LogP contribution >= 0.6 is 0 Å². The van der Waals surface area contributed by atoms with E-state index in [-0.39, 0.29) is 0 Å². The molecular weight excluding hydrogens is 346 g/mol. The fourth-order valence-corrected chi connectivity index (χ4v) is 3.79. The minimum Gasteiger partial charge on any atom is -0.353 e. The molecule has 0 spiro atoms. The summed E-state index contributed by atoms with van der Waals surface area (Å²) in [7, 11) is 0. The summed E-state index contributed by atoms with van der Waals surface area (Å²) in [6.07, 6.45) is 7.34. The number of hydrogen-bond donors (Lipinski definition) is 3. The molecule has 0 radical (unpaired) electrons. The molecule has 28 heavy (non-hydrogen) atoms. The van der Waals surface area contributed by atoms with Crippen LogP contribution in [0.4, 0.5) is 0 Å². The minimum atomic E-state index is 0.727. The number of piperazine rings is 1. The van der Waals surface area contributed by atoms with Crippen molar-refractivity contribution >= 4 is 16.6 Å². The summed E-state index contributed by atoms with van der Waals surface area (Å²) in [6.45, 7) is 12.4. The molecule has 4 rings (SSSR count). The third-order valence-electron chi connectivity index (χ3n) is 5.41. The molecule has 5 nitrogen and oxygen atoms in total. The largest absolute Gasteiger partial charge is 0.353 e. The van der Waals surface area contributed by atoms with Crippen molar-refractivity contribution in [2.75, 3.05) is 32.7 Å². The zero-order valence-corrected chi connectivity index (χ0v) is 16.6. The number of rotatable bonds is 3. The molecule has 1 fully saturated rings. The highest BCUT2D eigenvalue weighted by molar-refractivity contribution is 6.14. The molecular formula is C23H29N5. The zero-order chi connectivity index (χ0) is 19.3. The van der Waals surface area contributed by atoms with Gasteiger partial charge in [0.05, 0.1) is 12.2 Å². The summed E-state index contributed by atoms with van der Waals surface area (Å²) in [5, 5.41) is 9.32. The van der Waals surface area contributed by atoms with Crippen molar-refractivity contribution in [2.24, 2.45) is 5.10 Å². The average Bonchev–Trinajstić information content (AvgIpc) is 3.13. The predicted octanol–water partition coefficient (Wildman–Crippen LogP) is 3.33. The fourth-order valence-electron chi connectivity index (χ4n) is 3.79. The lowest BCUT2D eigenvalue weighted by atomic mass is 10.1. The Morgan fingerprint density at radius 1 is 1.21 bits per heavy atom. The number of fused-ring (bicyclic) bond motifs is 1. The van der Waals surface area contributed by atoms with E-state index >= 15 is 0 Å². The molecule has 2 aliphatic heterocycles. The van der Waals surface area contributed by atoms with Gasteiger partial charge in [-0.1, -0.05) is 42.5 Å². The number of benzene rings is 1. The van der Waals surface area contributed by atoms with Crippen molar-refractivity contribution in [3.8, 4) is 0 Å². The molecule has 3 N–H and O–H groups in total. The first-order valence-corrected chi connectivity index (χ1v) is 10.1. The van der Waals surface area contributed by atoms with E-state index in [1.807, 2.05) is 0 Å². The van der Waals surface area contributed by atoms with E-state index in [1.54, 1.807) is 0 Å². The molecule has 146 valence electrons. The fraction of sp³-hybridized carbons (Fsp3) is 0.348. The van der Waals surface area contributed by atoms with E-state index in [2.05, 4.69) is 81.7 Å². The first kappa shape index (κ1) is 18.7. The first-order valence-electron chi connectivity index (χ1n) is 10.1. The lowest BCUT2D eigenvalue weighted by molar-refractivity contribution is 0.234. The predicted molar refractivity (Wildman–Crippen MR) is 118 cm³/mol. The van der Waals surface area contributed by atoms with Gasteiger partial charge in [-0.05, 0) is 36.6 Å². The quantitative estimate of drug-likeness (QED) is 0.722. The molecule has 0 atom stereocenters. The second kappa shape index (κ2) is 8.59. The SMILES string of the molecule is C=C1/C=C\C/C(C)=C\CN/N=C\1c1cc2c(CN3CCNCC3)cccc2[nH]1. The van der Waals surface area contributed by atoms with E-state index in [0.29, 0.717) is 0 Å². The molecule has 1 aromatic carbocycles. The summed E-state index contributed by atoms with van der Waals surface area (Å²) < 4.78 is 0. The van der Waals surface area contributed by atoms with Crippen LogP contribution in [-0.4, -0.2) is 48.3 Å². The number of allylic oxidation sites excluding steroid dienone is 4. The number of nitrogens with zero attached hydrogens (tertiary/aromatic N) is 2. The molecule has 5 heteroatoms. The summed E-state index contributed by atoms with van der Waals surface area (Å²) in [4.78, 5) is 6.07. The molecule has 3 heterocycles. The van der Waals surface area contributed by atoms with E-state index in [4.69, 9.17) is 0 Å². The second-order valence-electron chi connectivity index (χ2n) is 7.59. The van der Waals surface area contributed by atoms with Gasteiger partial charge in [0.2, 0.25) is 0 Å². The summed E-state index contributed by atoms with van der Waals surface area (Å²) in [5.41, 5.74) is 9.80. The summed E-state index contributed by atoms with van der Waals surface area (Å²) in [5.74, 6) is 0. The van der Waals surface area contributed by atoms with Gasteiger partial charge >= 0.3 is 0 Å². The van der Waals surface area contributed by atoms with Crippen LogP contribution in [0.3, 0.4) is 0 Å². The smallest absolute Gasteiger partial charge is 0.113 e. The standard InChI is InChI=1S/C23H29N5/c1-17-5-3-6-18(2)23(27-25-10-9-17)22-15-20-19(7-4-8-21(20)26-22)16-28-13-11-24-12-14-28/h3-4,6-9,15,24-26H,2,5,10-14,16H2,1H3/b6-3-,17-9-,27-23+. The van der Waals surface area contributed by atoms with Crippen LogP contribution in [0.25, 0.3) is 10.9 Å². The molecule has 2 aliphatic rings. The van der Waals surface area contributed by atoms with Crippen molar-refractivity contribution in [1.29, 1.82) is 0 Å². The topological polar surface area (TPSA) is 55.5 Å². The van der Waals surface area contributed by atoms with Gasteiger partial charge < -0.3 is 15.7 Å². The van der Waals surface area contributed by atoms with Crippen molar-refractivity contribution < 1.29 is 0 Å². The Kier molecular flexibility index (Phi) is 5.74. The van der Waals surface area contributed by atoms with Crippen LogP contribution in [0, 0.1) is 0 Å². The minimum absolute atomic E-state index is 0.727. The zero-order valence-electron chi connectivity index (χ0n) is 16.6. The Balaban J connectivity index is 1.64. The lowest BCUT2D eigenvalue weighted by Gasteiger charge is -2.27. The van der Waals surface area contributed by atoms with E-state index < -0.39 is 0 Å². The monoisotopic (exact) mass is 375 g/mol. The Labute approximate surface area is 166 Å². The average molecular weight is 376 g/mol. The Hall–Kier alpha value is -2.63. The van der Waals surface area contributed by atoms with Crippen molar-refractivity contribution in [2.45, 2.75) is 19.9 Å². The van der Waals surface area contributed by atoms with E-state index in [0.717, 1.165) is 68.2 Å². The number of nitrogens with one attached hydrogen (secondary N) is 3. The van der Waals surface area contributed by atoms with Gasteiger partial charge in [0.25, 0.3) is 0 Å². The molecule has 0 amide bonds. The maximum atomic E-state index is 4.63. The van der Waals surface area contributed by atoms with Crippen LogP contribution < -0.4 is 10.7 Å². The highest BCUT2D eigenvalue weighted by Crippen LogP contribution is 2.23. The Morgan fingerprint density at radius 3 is 2.93 bits per heavy atom. The van der Waals surface area contributed by atoms with Gasteiger partial charge in [0.15, 0.2) is 0 Å². The van der Waals surface area contributed by atoms with Crippen LogP contribution in [0.15, 0.2) is 65.3 Å². The van der Waals surface area contributed by atoms with Gasteiger partial charge in [-0.15, -0.1) is 0 Å².